The van der Waals surface area contributed by atoms with Crippen LogP contribution in [0.15, 0.2) is 12.1 Å². The molecule has 0 radical (unpaired) electrons. The smallest absolute Gasteiger partial charge is 0.0215 e. The van der Waals surface area contributed by atoms with Crippen molar-refractivity contribution < 1.29 is 0 Å². The summed E-state index contributed by atoms with van der Waals surface area (Å²) >= 11 is 0. The van der Waals surface area contributed by atoms with E-state index in [1.807, 2.05) is 6.08 Å². The van der Waals surface area contributed by atoms with E-state index < -0.39 is 0 Å². The summed E-state index contributed by atoms with van der Waals surface area (Å²) in [5.74, 6) is 0. The highest BCUT2D eigenvalue weighted by Gasteiger charge is 2.01. The molecular formula is C10H16N2. The standard InChI is InChI=1S/C10H16N2/c1-8-7-10(5-4-6-11)9(2)12(8)3/h4-5,7H,6,11H2,1-3H3. The molecule has 2 N–H and O–H groups in total. The van der Waals surface area contributed by atoms with Gasteiger partial charge >= 0.3 is 0 Å². The van der Waals surface area contributed by atoms with Gasteiger partial charge in [0.1, 0.15) is 0 Å². The lowest BCUT2D eigenvalue weighted by atomic mass is 10.2. The molecule has 0 unspecified atom stereocenters. The van der Waals surface area contributed by atoms with Crippen LogP contribution in [0.25, 0.3) is 6.08 Å². The minimum absolute atomic E-state index is 0.605. The number of aryl methyl sites for hydroxylation is 1. The first-order valence-electron chi connectivity index (χ1n) is 4.16. The third-order valence-corrected chi connectivity index (χ3v) is 2.25. The van der Waals surface area contributed by atoms with Crippen molar-refractivity contribution in [1.82, 2.24) is 4.57 Å². The van der Waals surface area contributed by atoms with Gasteiger partial charge in [-0.05, 0) is 25.5 Å². The van der Waals surface area contributed by atoms with Crippen LogP contribution in [0.2, 0.25) is 0 Å². The third-order valence-electron chi connectivity index (χ3n) is 2.25. The first kappa shape index (κ1) is 9.07. The van der Waals surface area contributed by atoms with E-state index in [1.165, 1.54) is 17.0 Å². The van der Waals surface area contributed by atoms with Crippen LogP contribution in [0, 0.1) is 13.8 Å². The van der Waals surface area contributed by atoms with E-state index >= 15 is 0 Å². The van der Waals surface area contributed by atoms with E-state index in [0.29, 0.717) is 6.54 Å². The summed E-state index contributed by atoms with van der Waals surface area (Å²) in [5, 5.41) is 0. The average Bonchev–Trinajstić information content (AvgIpc) is 2.30. The molecule has 0 aliphatic rings. The number of hydrogen-bond acceptors (Lipinski definition) is 1. The van der Waals surface area contributed by atoms with E-state index in [2.05, 4.69) is 37.6 Å². The zero-order chi connectivity index (χ0) is 9.14. The van der Waals surface area contributed by atoms with Gasteiger partial charge in [-0.1, -0.05) is 12.2 Å². The summed E-state index contributed by atoms with van der Waals surface area (Å²) in [6, 6.07) is 2.17. The highest BCUT2D eigenvalue weighted by Crippen LogP contribution is 2.14. The number of hydrogen-bond donors (Lipinski definition) is 1. The van der Waals surface area contributed by atoms with Gasteiger partial charge in [0.2, 0.25) is 0 Å². The second-order valence-corrected chi connectivity index (χ2v) is 3.02. The van der Waals surface area contributed by atoms with Crippen molar-refractivity contribution in [2.24, 2.45) is 12.8 Å². The Kier molecular flexibility index (Phi) is 2.71. The zero-order valence-electron chi connectivity index (χ0n) is 7.96. The van der Waals surface area contributed by atoms with Crippen molar-refractivity contribution in [2.45, 2.75) is 13.8 Å². The van der Waals surface area contributed by atoms with Crippen LogP contribution in [0.4, 0.5) is 0 Å². The van der Waals surface area contributed by atoms with Crippen LogP contribution in [0.5, 0.6) is 0 Å². The molecule has 0 atom stereocenters. The quantitative estimate of drug-likeness (QED) is 0.707. The van der Waals surface area contributed by atoms with E-state index in [1.54, 1.807) is 0 Å². The average molecular weight is 164 g/mol. The van der Waals surface area contributed by atoms with E-state index in [9.17, 15) is 0 Å². The van der Waals surface area contributed by atoms with Gasteiger partial charge in [-0.3, -0.25) is 0 Å². The maximum atomic E-state index is 5.38. The summed E-state index contributed by atoms with van der Waals surface area (Å²) in [5.41, 5.74) is 9.21. The Labute approximate surface area is 73.7 Å². The molecule has 0 aliphatic heterocycles. The van der Waals surface area contributed by atoms with Crippen molar-refractivity contribution in [3.63, 3.8) is 0 Å². The monoisotopic (exact) mass is 164 g/mol. The first-order valence-corrected chi connectivity index (χ1v) is 4.16. The Morgan fingerprint density at radius 2 is 2.17 bits per heavy atom. The van der Waals surface area contributed by atoms with Crippen molar-refractivity contribution in [2.75, 3.05) is 6.54 Å². The molecule has 0 spiro atoms. The van der Waals surface area contributed by atoms with Gasteiger partial charge in [-0.2, -0.15) is 0 Å². The predicted molar refractivity (Wildman–Crippen MR) is 53.0 cm³/mol. The fourth-order valence-electron chi connectivity index (χ4n) is 1.25. The molecule has 0 saturated carbocycles. The summed E-state index contributed by atoms with van der Waals surface area (Å²) in [4.78, 5) is 0. The SMILES string of the molecule is Cc1cc(C=CCN)c(C)n1C. The molecule has 1 heterocycles. The number of nitrogens with zero attached hydrogens (tertiary/aromatic N) is 1. The molecule has 12 heavy (non-hydrogen) atoms. The minimum atomic E-state index is 0.605. The molecule has 0 saturated heterocycles. The molecule has 0 fully saturated rings. The number of nitrogens with two attached hydrogens (primary N) is 1. The lowest BCUT2D eigenvalue weighted by Gasteiger charge is -1.98. The highest BCUT2D eigenvalue weighted by molar-refractivity contribution is 5.53. The summed E-state index contributed by atoms with van der Waals surface area (Å²) in [7, 11) is 2.07. The Bertz CT molecular complexity index is 295. The Morgan fingerprint density at radius 3 is 2.58 bits per heavy atom. The molecule has 0 bridgehead atoms. The Morgan fingerprint density at radius 1 is 1.50 bits per heavy atom. The molecule has 0 aliphatic carbocycles. The lowest BCUT2D eigenvalue weighted by molar-refractivity contribution is 0.843. The van der Waals surface area contributed by atoms with Gasteiger partial charge in [0.05, 0.1) is 0 Å². The maximum absolute atomic E-state index is 5.38. The van der Waals surface area contributed by atoms with Crippen molar-refractivity contribution >= 4 is 6.08 Å². The largest absolute Gasteiger partial charge is 0.352 e. The van der Waals surface area contributed by atoms with Gasteiger partial charge < -0.3 is 10.3 Å². The summed E-state index contributed by atoms with van der Waals surface area (Å²) in [6.07, 6.45) is 4.05. The molecule has 0 aromatic carbocycles. The lowest BCUT2D eigenvalue weighted by Crippen LogP contribution is -1.94. The first-order chi connectivity index (χ1) is 5.66. The van der Waals surface area contributed by atoms with Gasteiger partial charge in [0, 0.05) is 25.0 Å². The van der Waals surface area contributed by atoms with Gasteiger partial charge in [0.15, 0.2) is 0 Å². The molecule has 1 rings (SSSR count). The maximum Gasteiger partial charge on any atom is 0.0215 e. The zero-order valence-corrected chi connectivity index (χ0v) is 7.96. The highest BCUT2D eigenvalue weighted by atomic mass is 14.9. The molecule has 0 amide bonds. The van der Waals surface area contributed by atoms with Gasteiger partial charge in [-0.15, -0.1) is 0 Å². The molecule has 2 nitrogen and oxygen atoms in total. The predicted octanol–water partition coefficient (Wildman–Crippen LogP) is 1.61. The molecule has 1 aromatic rings. The Hall–Kier alpha value is -1.02. The molecule has 1 aromatic heterocycles. The minimum Gasteiger partial charge on any atom is -0.352 e. The van der Waals surface area contributed by atoms with Crippen LogP contribution in [-0.4, -0.2) is 11.1 Å². The number of aromatic nitrogens is 1. The van der Waals surface area contributed by atoms with Crippen molar-refractivity contribution in [1.29, 1.82) is 0 Å². The van der Waals surface area contributed by atoms with Crippen LogP contribution in [0.3, 0.4) is 0 Å². The third kappa shape index (κ3) is 1.59. The van der Waals surface area contributed by atoms with Crippen molar-refractivity contribution in [3.05, 3.63) is 29.1 Å². The Balaban J connectivity index is 3.01. The summed E-state index contributed by atoms with van der Waals surface area (Å²) < 4.78 is 2.18. The van der Waals surface area contributed by atoms with Gasteiger partial charge in [-0.25, -0.2) is 0 Å². The second-order valence-electron chi connectivity index (χ2n) is 3.02. The number of rotatable bonds is 2. The molecule has 2 heteroatoms. The second kappa shape index (κ2) is 3.59. The molecule has 66 valence electrons. The molecular weight excluding hydrogens is 148 g/mol. The van der Waals surface area contributed by atoms with Crippen LogP contribution < -0.4 is 5.73 Å². The van der Waals surface area contributed by atoms with E-state index in [-0.39, 0.29) is 0 Å². The van der Waals surface area contributed by atoms with Crippen molar-refractivity contribution in [3.8, 4) is 0 Å². The van der Waals surface area contributed by atoms with E-state index in [0.717, 1.165) is 0 Å². The fourth-order valence-corrected chi connectivity index (χ4v) is 1.25. The van der Waals surface area contributed by atoms with Crippen LogP contribution in [0.1, 0.15) is 17.0 Å². The van der Waals surface area contributed by atoms with Crippen LogP contribution in [-0.2, 0) is 7.05 Å². The van der Waals surface area contributed by atoms with Crippen LogP contribution >= 0.6 is 0 Å². The summed E-state index contributed by atoms with van der Waals surface area (Å²) in [6.45, 7) is 4.82. The topological polar surface area (TPSA) is 30.9 Å². The van der Waals surface area contributed by atoms with Gasteiger partial charge in [0.25, 0.3) is 0 Å². The fraction of sp³-hybridized carbons (Fsp3) is 0.400. The van der Waals surface area contributed by atoms with E-state index in [4.69, 9.17) is 5.73 Å². The normalized spacial score (nSPS) is 11.3.